The number of oxazole rings is 1. The van der Waals surface area contributed by atoms with Crippen LogP contribution in [-0.2, 0) is 21.7 Å². The summed E-state index contributed by atoms with van der Waals surface area (Å²) in [5.41, 5.74) is 0.0732. The maximum atomic E-state index is 13.2. The molecule has 0 bridgehead atoms. The highest BCUT2D eigenvalue weighted by atomic mass is 32.1. The van der Waals surface area contributed by atoms with Gasteiger partial charge in [-0.15, -0.1) is 22.7 Å². The molecule has 1 saturated heterocycles. The van der Waals surface area contributed by atoms with Crippen LogP contribution < -0.4 is 5.76 Å². The van der Waals surface area contributed by atoms with E-state index in [2.05, 4.69) is 4.90 Å². The summed E-state index contributed by atoms with van der Waals surface area (Å²) in [4.78, 5) is 40.1. The van der Waals surface area contributed by atoms with Crippen LogP contribution in [-0.4, -0.2) is 52.6 Å². The number of aryl methyl sites for hydroxylation is 1. The average molecular weight is 567 g/mol. The number of carbonyl (C=O) groups excluding carboxylic acids is 2. The van der Waals surface area contributed by atoms with Crippen LogP contribution in [0.2, 0.25) is 0 Å². The van der Waals surface area contributed by atoms with E-state index in [1.807, 2.05) is 22.9 Å². The van der Waals surface area contributed by atoms with Gasteiger partial charge in [-0.25, -0.2) is 9.59 Å². The minimum absolute atomic E-state index is 0.170. The first-order valence-electron chi connectivity index (χ1n) is 13.2. The second-order valence-electron chi connectivity index (χ2n) is 10.7. The van der Waals surface area contributed by atoms with Crippen LogP contribution in [0, 0.1) is 5.41 Å². The molecule has 1 aliphatic heterocycles. The number of hydrogen-bond acceptors (Lipinski definition) is 9. The second kappa shape index (κ2) is 10.5. The minimum atomic E-state index is -1.76. The van der Waals surface area contributed by atoms with Crippen molar-refractivity contribution in [3.8, 4) is 0 Å². The van der Waals surface area contributed by atoms with Crippen LogP contribution in [0.4, 0.5) is 0 Å². The normalized spacial score (nSPS) is 17.9. The molecule has 2 aliphatic rings. The minimum Gasteiger partial charge on any atom is -0.460 e. The lowest BCUT2D eigenvalue weighted by Crippen LogP contribution is -2.52. The topological polar surface area (TPSA) is 102 Å². The third kappa shape index (κ3) is 4.91. The van der Waals surface area contributed by atoms with Gasteiger partial charge in [-0.2, -0.15) is 0 Å². The lowest BCUT2D eigenvalue weighted by molar-refractivity contribution is -0.181. The van der Waals surface area contributed by atoms with Gasteiger partial charge in [0, 0.05) is 12.1 Å². The van der Waals surface area contributed by atoms with Crippen LogP contribution in [0.1, 0.15) is 52.2 Å². The number of ether oxygens (including phenoxy) is 1. The van der Waals surface area contributed by atoms with E-state index in [0.717, 1.165) is 58.0 Å². The van der Waals surface area contributed by atoms with E-state index in [1.165, 1.54) is 22.7 Å². The quantitative estimate of drug-likeness (QED) is 0.233. The van der Waals surface area contributed by atoms with Crippen molar-refractivity contribution in [1.29, 1.82) is 0 Å². The number of thiophene rings is 2. The fraction of sp³-hybridized carbons (Fsp3) is 0.414. The van der Waals surface area contributed by atoms with Gasteiger partial charge in [0.25, 0.3) is 0 Å². The number of aldehydes is 1. The Labute approximate surface area is 233 Å². The van der Waals surface area contributed by atoms with Gasteiger partial charge < -0.3 is 19.2 Å². The molecule has 4 aromatic rings. The number of benzene rings is 1. The molecule has 39 heavy (non-hydrogen) atoms. The summed E-state index contributed by atoms with van der Waals surface area (Å²) in [5.74, 6) is -0.986. The van der Waals surface area contributed by atoms with Gasteiger partial charge in [0.15, 0.2) is 5.58 Å². The summed E-state index contributed by atoms with van der Waals surface area (Å²) in [6, 6.07) is 12.3. The van der Waals surface area contributed by atoms with Crippen LogP contribution in [0.5, 0.6) is 0 Å². The summed E-state index contributed by atoms with van der Waals surface area (Å²) in [6.45, 7) is 3.38. The number of aromatic nitrogens is 1. The zero-order valence-corrected chi connectivity index (χ0v) is 23.0. The molecule has 2 fully saturated rings. The fourth-order valence-electron chi connectivity index (χ4n) is 6.00. The number of fused-ring (bicyclic) bond motifs is 1. The molecular weight excluding hydrogens is 536 g/mol. The predicted molar refractivity (Wildman–Crippen MR) is 149 cm³/mol. The highest BCUT2D eigenvalue weighted by Gasteiger charge is 2.51. The Morgan fingerprint density at radius 2 is 1.79 bits per heavy atom. The molecule has 1 N–H and O–H groups in total. The van der Waals surface area contributed by atoms with E-state index in [-0.39, 0.29) is 11.5 Å². The molecular formula is C29H30N2O6S2. The molecule has 10 heteroatoms. The molecule has 1 saturated carbocycles. The van der Waals surface area contributed by atoms with Crippen molar-refractivity contribution < 1.29 is 23.8 Å². The van der Waals surface area contributed by atoms with Gasteiger partial charge in [-0.05, 0) is 98.2 Å². The van der Waals surface area contributed by atoms with Gasteiger partial charge in [0.05, 0.1) is 15.3 Å². The summed E-state index contributed by atoms with van der Waals surface area (Å²) in [7, 11) is 0. The molecule has 0 atom stereocenters. The standard InChI is InChI=1S/C29H30N2O6S2/c32-19-20-6-7-22-23(16-20)37-27(34)31(22)11-3-10-30-12-8-28(9-13-30)17-21(18-28)36-26(33)29(35,24-4-1-14-38-24)25-5-2-15-39-25/h1-2,4-7,14-16,19,21,35H,3,8-13,17-18H2. The lowest BCUT2D eigenvalue weighted by Gasteiger charge is -2.51. The lowest BCUT2D eigenvalue weighted by atomic mass is 9.61. The Hall–Kier alpha value is -3.05. The third-order valence-electron chi connectivity index (χ3n) is 8.25. The van der Waals surface area contributed by atoms with Crippen LogP contribution in [0.15, 0.2) is 62.4 Å². The first kappa shape index (κ1) is 26.2. The van der Waals surface area contributed by atoms with E-state index in [4.69, 9.17) is 9.15 Å². The molecule has 1 aliphatic carbocycles. The number of aliphatic hydroxyl groups is 1. The first-order valence-corrected chi connectivity index (χ1v) is 15.0. The van der Waals surface area contributed by atoms with E-state index < -0.39 is 17.3 Å². The Morgan fingerprint density at radius 3 is 2.41 bits per heavy atom. The summed E-state index contributed by atoms with van der Waals surface area (Å²) in [6.07, 6.45) is 5.14. The number of likely N-dealkylation sites (tertiary alicyclic amines) is 1. The number of carbonyl (C=O) groups is 2. The van der Waals surface area contributed by atoms with Gasteiger partial charge >= 0.3 is 11.7 Å². The van der Waals surface area contributed by atoms with E-state index in [1.54, 1.807) is 34.9 Å². The van der Waals surface area contributed by atoms with Gasteiger partial charge in [-0.3, -0.25) is 9.36 Å². The molecule has 1 spiro atoms. The second-order valence-corrected chi connectivity index (χ2v) is 12.6. The smallest absolute Gasteiger partial charge is 0.419 e. The van der Waals surface area contributed by atoms with Crippen molar-refractivity contribution in [3.63, 3.8) is 0 Å². The molecule has 0 radical (unpaired) electrons. The van der Waals surface area contributed by atoms with Crippen molar-refractivity contribution in [1.82, 2.24) is 9.47 Å². The molecule has 1 aromatic carbocycles. The van der Waals surface area contributed by atoms with Gasteiger partial charge in [-0.1, -0.05) is 12.1 Å². The maximum Gasteiger partial charge on any atom is 0.419 e. The van der Waals surface area contributed by atoms with Crippen molar-refractivity contribution >= 4 is 46.0 Å². The predicted octanol–water partition coefficient (Wildman–Crippen LogP) is 4.64. The van der Waals surface area contributed by atoms with E-state index >= 15 is 0 Å². The third-order valence-corrected chi connectivity index (χ3v) is 10.2. The van der Waals surface area contributed by atoms with Crippen LogP contribution in [0.3, 0.4) is 0 Å². The Kier molecular flexibility index (Phi) is 7.05. The van der Waals surface area contributed by atoms with E-state index in [0.29, 0.717) is 33.0 Å². The zero-order chi connectivity index (χ0) is 27.0. The Morgan fingerprint density at radius 1 is 1.10 bits per heavy atom. The summed E-state index contributed by atoms with van der Waals surface area (Å²) >= 11 is 2.71. The van der Waals surface area contributed by atoms with Crippen molar-refractivity contribution in [2.45, 2.75) is 50.4 Å². The van der Waals surface area contributed by atoms with Gasteiger partial charge in [0.1, 0.15) is 12.4 Å². The Bertz CT molecular complexity index is 1470. The van der Waals surface area contributed by atoms with Crippen molar-refractivity contribution in [2.75, 3.05) is 19.6 Å². The number of nitrogens with zero attached hydrogens (tertiary/aromatic N) is 2. The average Bonchev–Trinajstić information content (AvgIpc) is 3.70. The van der Waals surface area contributed by atoms with Crippen molar-refractivity contribution in [2.24, 2.45) is 5.41 Å². The van der Waals surface area contributed by atoms with Crippen molar-refractivity contribution in [3.05, 3.63) is 79.1 Å². The molecule has 204 valence electrons. The number of hydrogen-bond donors (Lipinski definition) is 1. The fourth-order valence-corrected chi connectivity index (χ4v) is 7.71. The SMILES string of the molecule is O=Cc1ccc2c(c1)oc(=O)n2CCCN1CCC2(CC1)CC(OC(=O)C(O)(c1cccs1)c1cccs1)C2. The number of rotatable bonds is 9. The first-order chi connectivity index (χ1) is 18.9. The highest BCUT2D eigenvalue weighted by molar-refractivity contribution is 7.12. The molecule has 8 nitrogen and oxygen atoms in total. The molecule has 4 heterocycles. The Balaban J connectivity index is 0.990. The zero-order valence-electron chi connectivity index (χ0n) is 21.4. The largest absolute Gasteiger partial charge is 0.460 e. The molecule has 3 aromatic heterocycles. The summed E-state index contributed by atoms with van der Waals surface area (Å²) < 4.78 is 12.8. The summed E-state index contributed by atoms with van der Waals surface area (Å²) in [5, 5.41) is 15.2. The van der Waals surface area contributed by atoms with Crippen LogP contribution in [0.25, 0.3) is 11.1 Å². The number of esters is 1. The highest BCUT2D eigenvalue weighted by Crippen LogP contribution is 2.51. The van der Waals surface area contributed by atoms with Crippen LogP contribution >= 0.6 is 22.7 Å². The monoisotopic (exact) mass is 566 g/mol. The van der Waals surface area contributed by atoms with Gasteiger partial charge in [0.2, 0.25) is 5.60 Å². The number of piperidine rings is 1. The molecule has 6 rings (SSSR count). The maximum absolute atomic E-state index is 13.2. The van der Waals surface area contributed by atoms with E-state index in [9.17, 15) is 19.5 Å². The molecule has 0 amide bonds. The molecule has 0 unspecified atom stereocenters.